The Hall–Kier alpha value is -0.540. The Morgan fingerprint density at radius 3 is 2.64 bits per heavy atom. The molecule has 76 valence electrons. The maximum absolute atomic E-state index is 9.98. The number of hydrogen-bond acceptors (Lipinski definition) is 2. The van der Waals surface area contributed by atoms with Crippen molar-refractivity contribution in [2.75, 3.05) is 6.54 Å². The van der Waals surface area contributed by atoms with Crippen molar-refractivity contribution in [1.29, 1.82) is 0 Å². The molecule has 2 N–H and O–H groups in total. The number of hydrogen-bond donors (Lipinski definition) is 2. The molecule has 1 saturated heterocycles. The summed E-state index contributed by atoms with van der Waals surface area (Å²) >= 11 is 3.51. The number of rotatable bonds is 1. The lowest BCUT2D eigenvalue weighted by molar-refractivity contribution is 0.362. The minimum Gasteiger partial charge on any atom is -0.507 e. The second-order valence-electron chi connectivity index (χ2n) is 3.86. The van der Waals surface area contributed by atoms with E-state index in [-0.39, 0.29) is 0 Å². The standard InChI is InChI=1S/C11H14BrNO/c1-6-5-8(12)7(2)10(11(6)14)9-3-4-13-9/h5,9,13-14H,3-4H2,1-2H3/t9-/m1/s1. The molecule has 1 aliphatic heterocycles. The van der Waals surface area contributed by atoms with Crippen molar-refractivity contribution in [1.82, 2.24) is 5.32 Å². The van der Waals surface area contributed by atoms with Crippen molar-refractivity contribution in [3.63, 3.8) is 0 Å². The van der Waals surface area contributed by atoms with Crippen molar-refractivity contribution < 1.29 is 5.11 Å². The van der Waals surface area contributed by atoms with E-state index >= 15 is 0 Å². The second-order valence-corrected chi connectivity index (χ2v) is 4.71. The van der Waals surface area contributed by atoms with Gasteiger partial charge in [0.05, 0.1) is 0 Å². The van der Waals surface area contributed by atoms with E-state index in [0.29, 0.717) is 11.8 Å². The molecule has 0 spiro atoms. The summed E-state index contributed by atoms with van der Waals surface area (Å²) in [5.41, 5.74) is 3.14. The highest BCUT2D eigenvalue weighted by atomic mass is 79.9. The van der Waals surface area contributed by atoms with Crippen molar-refractivity contribution in [3.8, 4) is 5.75 Å². The normalized spacial score (nSPS) is 20.6. The first kappa shape index (κ1) is 9.99. The van der Waals surface area contributed by atoms with Gasteiger partial charge in [0.2, 0.25) is 0 Å². The molecule has 1 fully saturated rings. The fraction of sp³-hybridized carbons (Fsp3) is 0.455. The zero-order valence-corrected chi connectivity index (χ0v) is 9.98. The molecule has 1 aliphatic rings. The van der Waals surface area contributed by atoms with Gasteiger partial charge in [-0.1, -0.05) is 15.9 Å². The molecule has 2 nitrogen and oxygen atoms in total. The SMILES string of the molecule is Cc1cc(Br)c(C)c([C@H]2CCN2)c1O. The summed E-state index contributed by atoms with van der Waals surface area (Å²) in [7, 11) is 0. The molecule has 0 radical (unpaired) electrons. The summed E-state index contributed by atoms with van der Waals surface area (Å²) in [4.78, 5) is 0. The molecule has 0 aliphatic carbocycles. The number of phenols is 1. The third-order valence-electron chi connectivity index (χ3n) is 2.91. The van der Waals surface area contributed by atoms with Crippen LogP contribution in [0, 0.1) is 13.8 Å². The van der Waals surface area contributed by atoms with Crippen LogP contribution in [-0.4, -0.2) is 11.7 Å². The number of aryl methyl sites for hydroxylation is 1. The van der Waals surface area contributed by atoms with Crippen molar-refractivity contribution in [2.24, 2.45) is 0 Å². The van der Waals surface area contributed by atoms with Crippen LogP contribution in [0.5, 0.6) is 5.75 Å². The number of phenolic OH excluding ortho intramolecular Hbond substituents is 1. The van der Waals surface area contributed by atoms with Crippen LogP contribution in [-0.2, 0) is 0 Å². The Kier molecular flexibility index (Phi) is 2.54. The first-order chi connectivity index (χ1) is 6.61. The van der Waals surface area contributed by atoms with Gasteiger partial charge >= 0.3 is 0 Å². The highest BCUT2D eigenvalue weighted by Gasteiger charge is 2.25. The van der Waals surface area contributed by atoms with E-state index < -0.39 is 0 Å². The molecule has 2 rings (SSSR count). The number of halogens is 1. The lowest BCUT2D eigenvalue weighted by atomic mass is 9.91. The van der Waals surface area contributed by atoms with E-state index in [1.807, 2.05) is 19.9 Å². The fourth-order valence-corrected chi connectivity index (χ4v) is 2.40. The van der Waals surface area contributed by atoms with E-state index in [0.717, 1.165) is 34.1 Å². The molecule has 0 amide bonds. The zero-order valence-electron chi connectivity index (χ0n) is 8.39. The van der Waals surface area contributed by atoms with E-state index in [1.165, 1.54) is 0 Å². The molecule has 1 aromatic carbocycles. The highest BCUT2D eigenvalue weighted by molar-refractivity contribution is 9.10. The molecule has 0 bridgehead atoms. The van der Waals surface area contributed by atoms with Crippen LogP contribution in [0.2, 0.25) is 0 Å². The summed E-state index contributed by atoms with van der Waals surface area (Å²) < 4.78 is 1.08. The van der Waals surface area contributed by atoms with Crippen molar-refractivity contribution >= 4 is 15.9 Å². The average molecular weight is 256 g/mol. The molecule has 0 saturated carbocycles. The van der Waals surface area contributed by atoms with Gasteiger partial charge < -0.3 is 10.4 Å². The molecule has 3 heteroatoms. The van der Waals surface area contributed by atoms with Gasteiger partial charge in [-0.15, -0.1) is 0 Å². The van der Waals surface area contributed by atoms with Gasteiger partial charge in [0, 0.05) is 16.1 Å². The van der Waals surface area contributed by atoms with Crippen LogP contribution < -0.4 is 5.32 Å². The van der Waals surface area contributed by atoms with E-state index in [9.17, 15) is 5.11 Å². The number of benzene rings is 1. The summed E-state index contributed by atoms with van der Waals surface area (Å²) in [6.07, 6.45) is 1.12. The Morgan fingerprint density at radius 2 is 2.14 bits per heavy atom. The van der Waals surface area contributed by atoms with Crippen LogP contribution in [0.15, 0.2) is 10.5 Å². The van der Waals surface area contributed by atoms with Crippen LogP contribution >= 0.6 is 15.9 Å². The second kappa shape index (κ2) is 3.55. The van der Waals surface area contributed by atoms with Gasteiger partial charge in [0.1, 0.15) is 5.75 Å². The lowest BCUT2D eigenvalue weighted by Gasteiger charge is -2.30. The van der Waals surface area contributed by atoms with Crippen molar-refractivity contribution in [3.05, 3.63) is 27.2 Å². The minimum absolute atomic E-state index is 0.339. The van der Waals surface area contributed by atoms with Gasteiger partial charge in [-0.2, -0.15) is 0 Å². The molecular formula is C11H14BrNO. The molecule has 1 heterocycles. The van der Waals surface area contributed by atoms with E-state index in [1.54, 1.807) is 0 Å². The topological polar surface area (TPSA) is 32.3 Å². The molecular weight excluding hydrogens is 242 g/mol. The molecule has 1 aromatic rings. The summed E-state index contributed by atoms with van der Waals surface area (Å²) in [6.45, 7) is 5.02. The van der Waals surface area contributed by atoms with Crippen LogP contribution in [0.25, 0.3) is 0 Å². The summed E-state index contributed by atoms with van der Waals surface area (Å²) in [6, 6.07) is 2.30. The monoisotopic (exact) mass is 255 g/mol. The predicted octanol–water partition coefficient (Wildman–Crippen LogP) is 2.81. The first-order valence-electron chi connectivity index (χ1n) is 4.83. The molecule has 0 aromatic heterocycles. The van der Waals surface area contributed by atoms with E-state index in [2.05, 4.69) is 21.2 Å². The molecule has 1 atom stereocenters. The third kappa shape index (κ3) is 1.44. The zero-order chi connectivity index (χ0) is 10.3. The molecule has 0 unspecified atom stereocenters. The Labute approximate surface area is 92.5 Å². The van der Waals surface area contributed by atoms with Crippen LogP contribution in [0.4, 0.5) is 0 Å². The summed E-state index contributed by atoms with van der Waals surface area (Å²) in [5, 5.41) is 13.3. The van der Waals surface area contributed by atoms with Crippen LogP contribution in [0.3, 0.4) is 0 Å². The number of nitrogens with one attached hydrogen (secondary N) is 1. The number of aromatic hydroxyl groups is 1. The lowest BCUT2D eigenvalue weighted by Crippen LogP contribution is -2.35. The fourth-order valence-electron chi connectivity index (χ4n) is 1.85. The van der Waals surface area contributed by atoms with Crippen LogP contribution in [0.1, 0.15) is 29.2 Å². The maximum Gasteiger partial charge on any atom is 0.123 e. The Bertz CT molecular complexity index is 346. The van der Waals surface area contributed by atoms with Gasteiger partial charge in [-0.05, 0) is 44.0 Å². The smallest absolute Gasteiger partial charge is 0.123 e. The maximum atomic E-state index is 9.98. The van der Waals surface area contributed by atoms with E-state index in [4.69, 9.17) is 0 Å². The quantitative estimate of drug-likeness (QED) is 0.809. The van der Waals surface area contributed by atoms with Gasteiger partial charge in [-0.3, -0.25) is 0 Å². The van der Waals surface area contributed by atoms with Gasteiger partial charge in [-0.25, -0.2) is 0 Å². The third-order valence-corrected chi connectivity index (χ3v) is 3.73. The van der Waals surface area contributed by atoms with Gasteiger partial charge in [0.25, 0.3) is 0 Å². The predicted molar refractivity (Wildman–Crippen MR) is 60.6 cm³/mol. The van der Waals surface area contributed by atoms with Gasteiger partial charge in [0.15, 0.2) is 0 Å². The summed E-state index contributed by atoms with van der Waals surface area (Å²) in [5.74, 6) is 0.447. The Balaban J connectivity index is 2.54. The first-order valence-corrected chi connectivity index (χ1v) is 5.62. The van der Waals surface area contributed by atoms with Crippen molar-refractivity contribution in [2.45, 2.75) is 26.3 Å². The molecule has 14 heavy (non-hydrogen) atoms. The largest absolute Gasteiger partial charge is 0.507 e. The average Bonchev–Trinajstić information content (AvgIpc) is 2.06. The highest BCUT2D eigenvalue weighted by Crippen LogP contribution is 2.38. The minimum atomic E-state index is 0.339. The Morgan fingerprint density at radius 1 is 1.50 bits per heavy atom.